The van der Waals surface area contributed by atoms with Crippen molar-refractivity contribution in [3.63, 3.8) is 0 Å². The molecule has 28 heavy (non-hydrogen) atoms. The fraction of sp³-hybridized carbons (Fsp3) is 0.250. The number of aromatic nitrogens is 1. The van der Waals surface area contributed by atoms with Crippen molar-refractivity contribution in [3.05, 3.63) is 59.8 Å². The molecule has 0 atom stereocenters. The van der Waals surface area contributed by atoms with Crippen molar-refractivity contribution in [2.75, 3.05) is 14.2 Å². The van der Waals surface area contributed by atoms with Gasteiger partial charge in [0.15, 0.2) is 17.2 Å². The highest BCUT2D eigenvalue weighted by atomic mass is 35.7. The zero-order chi connectivity index (χ0) is 20.7. The second kappa shape index (κ2) is 7.20. The number of fused-ring (bicyclic) bond motifs is 5. The number of methoxy groups -OCH3 is 2. The number of rotatable bonds is 2. The summed E-state index contributed by atoms with van der Waals surface area (Å²) in [5.41, 5.74) is 5.00. The van der Waals surface area contributed by atoms with E-state index in [1.54, 1.807) is 14.2 Å². The fourth-order valence-electron chi connectivity index (χ4n) is 3.67. The van der Waals surface area contributed by atoms with Crippen molar-refractivity contribution in [3.8, 4) is 17.2 Å². The Morgan fingerprint density at radius 1 is 0.857 bits per heavy atom. The molecule has 0 amide bonds. The third-order valence-electron chi connectivity index (χ3n) is 4.89. The Labute approximate surface area is 164 Å². The Balaban J connectivity index is 0.000000403. The van der Waals surface area contributed by atoms with Gasteiger partial charge in [0.05, 0.1) is 31.1 Å². The van der Waals surface area contributed by atoms with Crippen molar-refractivity contribution >= 4 is 10.9 Å². The van der Waals surface area contributed by atoms with Crippen LogP contribution in [0.3, 0.4) is 0 Å². The predicted molar refractivity (Wildman–Crippen MR) is 90.7 cm³/mol. The van der Waals surface area contributed by atoms with E-state index in [1.807, 2.05) is 6.07 Å². The minimum Gasteiger partial charge on any atom is -0.493 e. The third-order valence-corrected chi connectivity index (χ3v) is 4.89. The summed E-state index contributed by atoms with van der Waals surface area (Å²) in [6.07, 6.45) is 0. The van der Waals surface area contributed by atoms with Crippen LogP contribution in [0.25, 0.3) is 16.6 Å². The van der Waals surface area contributed by atoms with Gasteiger partial charge in [0.1, 0.15) is 0 Å². The zero-order valence-electron chi connectivity index (χ0n) is 15.9. The number of benzene rings is 2. The zero-order valence-corrected chi connectivity index (χ0v) is 16.6. The summed E-state index contributed by atoms with van der Waals surface area (Å²) in [5.74, 6) is 1.51. The number of para-hydroxylation sites is 1. The van der Waals surface area contributed by atoms with E-state index < -0.39 is 10.2 Å². The lowest BCUT2D eigenvalue weighted by Gasteiger charge is -2.17. The molecule has 0 fully saturated rings. The van der Waals surface area contributed by atoms with E-state index in [0.717, 1.165) is 22.4 Å². The molecular weight excluding hydrogens is 386 g/mol. The molecule has 1 aliphatic heterocycles. The highest BCUT2D eigenvalue weighted by molar-refractivity contribution is 5.81. The molecule has 1 aliphatic rings. The van der Waals surface area contributed by atoms with Gasteiger partial charge < -0.3 is 9.47 Å². The van der Waals surface area contributed by atoms with Crippen molar-refractivity contribution in [2.45, 2.75) is 19.3 Å². The van der Waals surface area contributed by atoms with Crippen molar-refractivity contribution in [1.29, 1.82) is 0 Å². The second-order valence-electron chi connectivity index (χ2n) is 6.84. The van der Waals surface area contributed by atoms with Gasteiger partial charge in [-0.05, 0) is 26.0 Å². The first-order valence-corrected chi connectivity index (χ1v) is 9.64. The number of hydrogen-bond donors (Lipinski definition) is 0. The molecule has 0 unspecified atom stereocenters. The van der Waals surface area contributed by atoms with E-state index in [9.17, 15) is 0 Å². The van der Waals surface area contributed by atoms with Gasteiger partial charge in [0, 0.05) is 17.7 Å². The van der Waals surface area contributed by atoms with E-state index in [-0.39, 0.29) is 5.41 Å². The number of hydrogen-bond acceptors (Lipinski definition) is 6. The van der Waals surface area contributed by atoms with Crippen LogP contribution in [0.4, 0.5) is 0 Å². The monoisotopic (exact) mass is 405 g/mol. The van der Waals surface area contributed by atoms with Gasteiger partial charge in [0.2, 0.25) is 11.2 Å². The molecule has 4 rings (SSSR count). The van der Waals surface area contributed by atoms with Gasteiger partial charge >= 0.3 is 0 Å². The lowest BCUT2D eigenvalue weighted by molar-refractivity contribution is -2.00. The maximum Gasteiger partial charge on any atom is 0.222 e. The van der Waals surface area contributed by atoms with Crippen LogP contribution in [-0.2, 0) is 5.41 Å². The molecule has 1 aromatic heterocycles. The fourth-order valence-corrected chi connectivity index (χ4v) is 3.67. The summed E-state index contributed by atoms with van der Waals surface area (Å²) in [6.45, 7) is 4.55. The van der Waals surface area contributed by atoms with Crippen LogP contribution in [0.1, 0.15) is 25.1 Å². The van der Waals surface area contributed by atoms with Gasteiger partial charge in [0.25, 0.3) is 0 Å². The van der Waals surface area contributed by atoms with Gasteiger partial charge in [-0.15, -0.1) is 10.2 Å². The Morgan fingerprint density at radius 2 is 1.43 bits per heavy atom. The molecule has 2 heterocycles. The van der Waals surface area contributed by atoms with Gasteiger partial charge in [-0.2, -0.15) is 4.57 Å². The summed E-state index contributed by atoms with van der Waals surface area (Å²) in [4.78, 5) is 0. The Hall–Kier alpha value is -2.42. The van der Waals surface area contributed by atoms with Gasteiger partial charge in [-0.3, -0.25) is 0 Å². The van der Waals surface area contributed by atoms with Crippen LogP contribution >= 0.6 is 0 Å². The van der Waals surface area contributed by atoms with Crippen LogP contribution in [0.2, 0.25) is 0 Å². The lowest BCUT2D eigenvalue weighted by Crippen LogP contribution is -2.68. The minimum atomic E-state index is -4.94. The lowest BCUT2D eigenvalue weighted by atomic mass is 9.83. The van der Waals surface area contributed by atoms with Crippen LogP contribution < -0.4 is 32.7 Å². The predicted octanol–water partition coefficient (Wildman–Crippen LogP) is -0.983. The summed E-state index contributed by atoms with van der Waals surface area (Å²) in [6, 6.07) is 17.1. The van der Waals surface area contributed by atoms with Crippen molar-refractivity contribution in [2.24, 2.45) is 0 Å². The highest BCUT2D eigenvalue weighted by Crippen LogP contribution is 2.40. The second-order valence-corrected chi connectivity index (χ2v) is 7.60. The summed E-state index contributed by atoms with van der Waals surface area (Å²) in [7, 11) is -1.60. The summed E-state index contributed by atoms with van der Waals surface area (Å²) < 4.78 is 47.3. The van der Waals surface area contributed by atoms with E-state index >= 15 is 0 Å². The number of nitrogens with zero attached hydrogens (tertiary/aromatic N) is 1. The standard InChI is InChI=1S/C20H20NO2.ClHO4/c1-20(2)14-7-5-6-8-15(14)21-16-12-18(23-4)17(22-3)11-13(16)9-10-19(20)21;2-1(3,4)5/h5-12H,1-4H3;(H,2,3,4,5)/q+1;/p-1. The smallest absolute Gasteiger partial charge is 0.222 e. The van der Waals surface area contributed by atoms with E-state index in [1.165, 1.54) is 16.9 Å². The number of pyridine rings is 1. The molecular formula is C20H20ClNO6. The Bertz CT molecular complexity index is 1020. The molecule has 0 saturated carbocycles. The molecule has 0 saturated heterocycles. The summed E-state index contributed by atoms with van der Waals surface area (Å²) >= 11 is 0. The average molecular weight is 406 g/mol. The Kier molecular flexibility index (Phi) is 5.22. The van der Waals surface area contributed by atoms with E-state index in [2.05, 4.69) is 60.9 Å². The molecule has 7 nitrogen and oxygen atoms in total. The Morgan fingerprint density at radius 3 is 2.04 bits per heavy atom. The molecule has 0 spiro atoms. The molecule has 2 aromatic carbocycles. The van der Waals surface area contributed by atoms with Gasteiger partial charge in [-0.25, -0.2) is 18.6 Å². The molecule has 148 valence electrons. The quantitative estimate of drug-likeness (QED) is 0.506. The average Bonchev–Trinajstić information content (AvgIpc) is 2.87. The molecule has 0 N–H and O–H groups in total. The van der Waals surface area contributed by atoms with Crippen LogP contribution in [0.15, 0.2) is 48.5 Å². The maximum atomic E-state index is 8.49. The van der Waals surface area contributed by atoms with Crippen LogP contribution in [-0.4, -0.2) is 14.2 Å². The summed E-state index contributed by atoms with van der Waals surface area (Å²) in [5, 5.41) is 1.14. The first kappa shape index (κ1) is 20.3. The normalized spacial score (nSPS) is 14.0. The van der Waals surface area contributed by atoms with E-state index in [4.69, 9.17) is 28.1 Å². The molecule has 0 aliphatic carbocycles. The minimum absolute atomic E-state index is 0.0159. The molecule has 8 heteroatoms. The SMILES string of the molecule is COc1cc2ccc3[n+](c2cc1OC)-c1ccccc1C3(C)C.[O-][Cl+3]([O-])([O-])[O-]. The molecule has 3 aromatic rings. The molecule has 0 radical (unpaired) electrons. The van der Waals surface area contributed by atoms with Crippen LogP contribution in [0.5, 0.6) is 11.5 Å². The van der Waals surface area contributed by atoms with Crippen molar-refractivity contribution < 1.29 is 42.9 Å². The highest BCUT2D eigenvalue weighted by Gasteiger charge is 2.44. The van der Waals surface area contributed by atoms with E-state index in [0.29, 0.717) is 0 Å². The van der Waals surface area contributed by atoms with Crippen molar-refractivity contribution in [1.82, 2.24) is 0 Å². The third kappa shape index (κ3) is 3.63. The first-order valence-electron chi connectivity index (χ1n) is 8.41. The maximum absolute atomic E-state index is 8.49. The van der Waals surface area contributed by atoms with Gasteiger partial charge in [-0.1, -0.05) is 18.2 Å². The topological polar surface area (TPSA) is 115 Å². The largest absolute Gasteiger partial charge is 0.493 e. The van der Waals surface area contributed by atoms with Crippen LogP contribution in [0, 0.1) is 10.2 Å². The number of halogens is 1. The molecule has 0 bridgehead atoms. The number of ether oxygens (including phenoxy) is 2. The first-order chi connectivity index (χ1) is 13.1.